The summed E-state index contributed by atoms with van der Waals surface area (Å²) >= 11 is 0. The summed E-state index contributed by atoms with van der Waals surface area (Å²) < 4.78 is 25.7. The van der Waals surface area contributed by atoms with Crippen molar-refractivity contribution in [1.82, 2.24) is 14.9 Å². The average molecular weight is 662 g/mol. The molecular weight excluding hydrogens is 622 g/mol. The van der Waals surface area contributed by atoms with E-state index in [4.69, 9.17) is 18.9 Å². The van der Waals surface area contributed by atoms with Crippen molar-refractivity contribution < 1.29 is 23.7 Å². The van der Waals surface area contributed by atoms with Crippen molar-refractivity contribution in [3.63, 3.8) is 0 Å². The quantitative estimate of drug-likeness (QED) is 0.169. The van der Waals surface area contributed by atoms with E-state index in [-0.39, 0.29) is 37.1 Å². The van der Waals surface area contributed by atoms with E-state index in [0.717, 1.165) is 33.8 Å². The van der Waals surface area contributed by atoms with Gasteiger partial charge >= 0.3 is 5.69 Å². The zero-order valence-corrected chi connectivity index (χ0v) is 27.5. The van der Waals surface area contributed by atoms with Crippen LogP contribution in [0.25, 0.3) is 0 Å². The molecule has 1 aliphatic heterocycles. The predicted molar refractivity (Wildman–Crippen MR) is 185 cm³/mol. The second-order valence-corrected chi connectivity index (χ2v) is 11.9. The molecular formula is C39H39N3O7. The highest BCUT2D eigenvalue weighted by atomic mass is 16.6. The summed E-state index contributed by atoms with van der Waals surface area (Å²) in [6, 6.07) is 34.9. The number of carbonyl (C=O) groups excluding carboxylic acids is 1. The number of H-pyrrole nitrogens is 1. The van der Waals surface area contributed by atoms with Crippen LogP contribution in [-0.2, 0) is 32.8 Å². The molecule has 0 radical (unpaired) electrons. The van der Waals surface area contributed by atoms with Gasteiger partial charge in [0.05, 0.1) is 38.9 Å². The van der Waals surface area contributed by atoms with Crippen LogP contribution in [0.3, 0.4) is 0 Å². The lowest BCUT2D eigenvalue weighted by Gasteiger charge is -2.37. The third-order valence-electron chi connectivity index (χ3n) is 8.78. The zero-order valence-electron chi connectivity index (χ0n) is 27.5. The number of aromatic nitrogens is 2. The van der Waals surface area contributed by atoms with Crippen molar-refractivity contribution in [3.8, 4) is 11.5 Å². The van der Waals surface area contributed by atoms with Gasteiger partial charge in [0.15, 0.2) is 0 Å². The number of methoxy groups -OCH3 is 2. The largest absolute Gasteiger partial charge is 0.497 e. The third-order valence-corrected chi connectivity index (χ3v) is 8.78. The van der Waals surface area contributed by atoms with Gasteiger partial charge in [-0.15, -0.1) is 0 Å². The predicted octanol–water partition coefficient (Wildman–Crippen LogP) is 5.10. The van der Waals surface area contributed by atoms with E-state index < -0.39 is 23.1 Å². The fourth-order valence-corrected chi connectivity index (χ4v) is 6.21. The third kappa shape index (κ3) is 7.51. The Bertz CT molecular complexity index is 1910. The van der Waals surface area contributed by atoms with Crippen LogP contribution in [0, 0.1) is 0 Å². The van der Waals surface area contributed by atoms with Gasteiger partial charge in [-0.2, -0.15) is 0 Å². The Labute approximate surface area is 284 Å². The molecule has 0 bridgehead atoms. The Morgan fingerprint density at radius 2 is 1.39 bits per heavy atom. The lowest BCUT2D eigenvalue weighted by molar-refractivity contribution is -0.120. The van der Waals surface area contributed by atoms with Crippen LogP contribution in [0.5, 0.6) is 11.5 Å². The number of amides is 1. The Morgan fingerprint density at radius 3 is 1.98 bits per heavy atom. The Kier molecular flexibility index (Phi) is 10.4. The fourth-order valence-electron chi connectivity index (χ4n) is 6.21. The molecule has 2 heterocycles. The van der Waals surface area contributed by atoms with Crippen molar-refractivity contribution in [3.05, 3.63) is 164 Å². The highest BCUT2D eigenvalue weighted by molar-refractivity contribution is 5.78. The molecule has 1 saturated heterocycles. The van der Waals surface area contributed by atoms with Crippen LogP contribution in [0.1, 0.15) is 46.9 Å². The Morgan fingerprint density at radius 1 is 0.816 bits per heavy atom. The van der Waals surface area contributed by atoms with E-state index in [0.29, 0.717) is 12.8 Å². The normalized spacial score (nSPS) is 15.9. The lowest BCUT2D eigenvalue weighted by atomic mass is 9.80. The molecule has 1 amide bonds. The van der Waals surface area contributed by atoms with Crippen molar-refractivity contribution in [2.24, 2.45) is 0 Å². The van der Waals surface area contributed by atoms with Gasteiger partial charge in [0.1, 0.15) is 23.3 Å². The van der Waals surface area contributed by atoms with Crippen molar-refractivity contribution in [2.45, 2.75) is 43.7 Å². The first-order valence-corrected chi connectivity index (χ1v) is 16.2. The molecule has 0 saturated carbocycles. The fraction of sp³-hybridized carbons (Fsp3) is 0.256. The molecule has 0 aliphatic carbocycles. The molecule has 6 rings (SSSR count). The minimum Gasteiger partial charge on any atom is -0.497 e. The van der Waals surface area contributed by atoms with Gasteiger partial charge in [-0.1, -0.05) is 84.9 Å². The van der Waals surface area contributed by atoms with E-state index in [1.165, 1.54) is 10.8 Å². The second-order valence-electron chi connectivity index (χ2n) is 11.9. The average Bonchev–Trinajstić information content (AvgIpc) is 3.61. The van der Waals surface area contributed by atoms with Gasteiger partial charge < -0.3 is 24.3 Å². The number of benzene rings is 4. The van der Waals surface area contributed by atoms with E-state index in [1.54, 1.807) is 14.2 Å². The molecule has 2 N–H and O–H groups in total. The van der Waals surface area contributed by atoms with Gasteiger partial charge in [0, 0.05) is 12.7 Å². The number of hydrogen-bond donors (Lipinski definition) is 2. The summed E-state index contributed by atoms with van der Waals surface area (Å²) in [5.41, 5.74) is 1.70. The standard InChI is InChI=1S/C39H39N3O7/c1-46-32-17-13-30(14-18-32)39(29-11-7-4-8-12-29,31-15-19-33(47-2)20-16-31)48-26-34-21-22-36(49-34)42-25-28(37(44)41-38(42)45)24-40-35(43)23-27-9-5-3-6-10-27/h3-20,25,34,36H,21-24,26H2,1-2H3,(H,40,43)(H,41,44,45)/t34-,36+/m0/s1. The van der Waals surface area contributed by atoms with Crippen LogP contribution in [0.2, 0.25) is 0 Å². The van der Waals surface area contributed by atoms with Gasteiger partial charge in [-0.05, 0) is 59.4 Å². The molecule has 2 atom stereocenters. The van der Waals surface area contributed by atoms with E-state index in [1.807, 2.05) is 109 Å². The maximum Gasteiger partial charge on any atom is 0.330 e. The smallest absolute Gasteiger partial charge is 0.330 e. The van der Waals surface area contributed by atoms with Crippen LogP contribution >= 0.6 is 0 Å². The van der Waals surface area contributed by atoms with Crippen LogP contribution in [0.4, 0.5) is 0 Å². The SMILES string of the molecule is COc1ccc(C(OC[C@@H]2CC[C@H](n3cc(CNC(=O)Cc4ccccc4)c(=O)[nH]c3=O)O2)(c2ccccc2)c2ccc(OC)cc2)cc1. The summed E-state index contributed by atoms with van der Waals surface area (Å²) in [6.45, 7) is 0.188. The molecule has 1 fully saturated rings. The molecule has 10 heteroatoms. The number of carbonyl (C=O) groups is 1. The van der Waals surface area contributed by atoms with E-state index >= 15 is 0 Å². The first-order valence-electron chi connectivity index (χ1n) is 16.2. The molecule has 1 aliphatic rings. The van der Waals surface area contributed by atoms with Crippen LogP contribution in [0.15, 0.2) is 125 Å². The van der Waals surface area contributed by atoms with Crippen molar-refractivity contribution in [1.29, 1.82) is 0 Å². The minimum absolute atomic E-state index is 0.0240. The summed E-state index contributed by atoms with van der Waals surface area (Å²) in [4.78, 5) is 40.5. The van der Waals surface area contributed by atoms with E-state index in [9.17, 15) is 14.4 Å². The van der Waals surface area contributed by atoms with E-state index in [2.05, 4.69) is 10.3 Å². The minimum atomic E-state index is -1.01. The number of rotatable bonds is 13. The topological polar surface area (TPSA) is 121 Å². The molecule has 5 aromatic rings. The molecule has 0 unspecified atom stereocenters. The Balaban J connectivity index is 1.23. The molecule has 10 nitrogen and oxygen atoms in total. The molecule has 49 heavy (non-hydrogen) atoms. The number of ether oxygens (including phenoxy) is 4. The molecule has 0 spiro atoms. The first-order chi connectivity index (χ1) is 23.9. The van der Waals surface area contributed by atoms with Crippen LogP contribution < -0.4 is 26.0 Å². The second kappa shape index (κ2) is 15.2. The molecule has 1 aromatic heterocycles. The first kappa shape index (κ1) is 33.5. The van der Waals surface area contributed by atoms with Crippen molar-refractivity contribution in [2.75, 3.05) is 20.8 Å². The number of hydrogen-bond acceptors (Lipinski definition) is 7. The zero-order chi connectivity index (χ0) is 34.2. The van der Waals surface area contributed by atoms with Gasteiger partial charge in [-0.25, -0.2) is 4.79 Å². The summed E-state index contributed by atoms with van der Waals surface area (Å²) in [5, 5.41) is 2.78. The van der Waals surface area contributed by atoms with Crippen LogP contribution in [-0.4, -0.2) is 42.4 Å². The maximum atomic E-state index is 12.9. The summed E-state index contributed by atoms with van der Waals surface area (Å²) in [6.07, 6.45) is 1.84. The number of nitrogens with zero attached hydrogens (tertiary/aromatic N) is 1. The van der Waals surface area contributed by atoms with Gasteiger partial charge in [0.25, 0.3) is 5.56 Å². The maximum absolute atomic E-state index is 12.9. The number of aromatic amines is 1. The molecule has 252 valence electrons. The summed E-state index contributed by atoms with van der Waals surface area (Å²) in [7, 11) is 3.26. The van der Waals surface area contributed by atoms with Gasteiger partial charge in [-0.3, -0.25) is 19.1 Å². The highest BCUT2D eigenvalue weighted by Gasteiger charge is 2.40. The number of nitrogens with one attached hydrogen (secondary N) is 2. The molecule has 4 aromatic carbocycles. The Hall–Kier alpha value is -5.45. The van der Waals surface area contributed by atoms with Gasteiger partial charge in [0.2, 0.25) is 5.91 Å². The lowest BCUT2D eigenvalue weighted by Crippen LogP contribution is -2.37. The van der Waals surface area contributed by atoms with Crippen molar-refractivity contribution >= 4 is 5.91 Å². The summed E-state index contributed by atoms with van der Waals surface area (Å²) in [5.74, 6) is 1.22. The monoisotopic (exact) mass is 661 g/mol. The highest BCUT2D eigenvalue weighted by Crippen LogP contribution is 2.42.